The van der Waals surface area contributed by atoms with Crippen LogP contribution in [0.4, 0.5) is 0 Å². The van der Waals surface area contributed by atoms with E-state index in [1.54, 1.807) is 23.6 Å². The van der Waals surface area contributed by atoms with E-state index in [1.807, 2.05) is 70.2 Å². The molecule has 0 radical (unpaired) electrons. The van der Waals surface area contributed by atoms with Gasteiger partial charge in [0, 0.05) is 10.8 Å². The van der Waals surface area contributed by atoms with E-state index in [0.29, 0.717) is 27.7 Å². The number of aromatic nitrogens is 6. The molecule has 260 valence electrons. The van der Waals surface area contributed by atoms with Crippen LogP contribution in [0.5, 0.6) is 0 Å². The first-order valence-corrected chi connectivity index (χ1v) is 21.2. The predicted molar refractivity (Wildman–Crippen MR) is 197 cm³/mol. The summed E-state index contributed by atoms with van der Waals surface area (Å²) in [7, 11) is -8.33. The van der Waals surface area contributed by atoms with Gasteiger partial charge in [-0.05, 0) is 63.5 Å². The highest BCUT2D eigenvalue weighted by Gasteiger charge is 2.33. The van der Waals surface area contributed by atoms with Crippen LogP contribution in [0, 0.1) is 0 Å². The monoisotopic (exact) mass is 780 g/mol. The molecule has 0 saturated heterocycles. The molecule has 1 atom stereocenters. The first kappa shape index (κ1) is 37.0. The van der Waals surface area contributed by atoms with Crippen LogP contribution in [0.2, 0.25) is 5.02 Å². The molecule has 0 saturated carbocycles. The van der Waals surface area contributed by atoms with Crippen molar-refractivity contribution >= 4 is 82.2 Å². The Morgan fingerprint density at radius 1 is 0.857 bits per heavy atom. The number of rotatable bonds is 9. The van der Waals surface area contributed by atoms with Gasteiger partial charge in [-0.25, -0.2) is 5.01 Å². The van der Waals surface area contributed by atoms with Crippen molar-refractivity contribution in [2.24, 2.45) is 13.9 Å². The zero-order valence-corrected chi connectivity index (χ0v) is 32.1. The second-order valence-electron chi connectivity index (χ2n) is 11.1. The summed E-state index contributed by atoms with van der Waals surface area (Å²) in [5.41, 5.74) is 2.31. The third-order valence-corrected chi connectivity index (χ3v) is 12.7. The van der Waals surface area contributed by atoms with Crippen molar-refractivity contribution in [3.05, 3.63) is 77.1 Å². The molecular formula is C29H33ClN10O4S5. The number of amidine groups is 1. The maximum Gasteiger partial charge on any atom is 0.305 e. The van der Waals surface area contributed by atoms with E-state index >= 15 is 0 Å². The predicted octanol–water partition coefficient (Wildman–Crippen LogP) is 5.80. The van der Waals surface area contributed by atoms with Gasteiger partial charge in [0.1, 0.15) is 4.38 Å². The minimum atomic E-state index is -4.19. The first-order chi connectivity index (χ1) is 23.2. The highest BCUT2D eigenvalue weighted by atomic mass is 35.5. The summed E-state index contributed by atoms with van der Waals surface area (Å²) >= 11 is 10.0. The molecule has 2 aromatic heterocycles. The van der Waals surface area contributed by atoms with Gasteiger partial charge in [0.2, 0.25) is 10.1 Å². The van der Waals surface area contributed by atoms with E-state index < -0.39 is 20.0 Å². The number of thioether (sulfide) groups is 3. The fourth-order valence-corrected chi connectivity index (χ4v) is 9.25. The first-order valence-electron chi connectivity index (χ1n) is 14.7. The van der Waals surface area contributed by atoms with Crippen LogP contribution < -0.4 is 0 Å². The van der Waals surface area contributed by atoms with Crippen molar-refractivity contribution in [1.29, 1.82) is 0 Å². The molecule has 20 heteroatoms. The van der Waals surface area contributed by atoms with Crippen LogP contribution in [0.15, 0.2) is 89.8 Å². The molecule has 0 fully saturated rings. The Hall–Kier alpha value is -3.23. The Bertz CT molecular complexity index is 2130. The Kier molecular flexibility index (Phi) is 11.6. The summed E-state index contributed by atoms with van der Waals surface area (Å²) in [6.07, 6.45) is 5.80. The molecule has 0 spiro atoms. The van der Waals surface area contributed by atoms with Crippen LogP contribution in [-0.2, 0) is 20.0 Å². The van der Waals surface area contributed by atoms with Gasteiger partial charge in [0.25, 0.3) is 0 Å². The van der Waals surface area contributed by atoms with E-state index in [-0.39, 0.29) is 37.6 Å². The molecule has 2 aromatic carbocycles. The lowest BCUT2D eigenvalue weighted by Crippen LogP contribution is -2.24. The second-order valence-corrected chi connectivity index (χ2v) is 17.4. The van der Waals surface area contributed by atoms with Gasteiger partial charge in [-0.15, -0.1) is 30.8 Å². The topological polar surface area (TPSA) is 170 Å². The molecule has 3 heterocycles. The number of hydrogen-bond donors (Lipinski definition) is 0. The fraction of sp³-hybridized carbons (Fsp3) is 0.345. The number of hydrogen-bond acceptors (Lipinski definition) is 12. The van der Waals surface area contributed by atoms with Crippen LogP contribution in [0.25, 0.3) is 0 Å². The summed E-state index contributed by atoms with van der Waals surface area (Å²) < 4.78 is 61.0. The molecule has 4 aromatic rings. The molecule has 5 rings (SSSR count). The normalized spacial score (nSPS) is 16.2. The lowest BCUT2D eigenvalue weighted by atomic mass is 9.91. The molecule has 1 unspecified atom stereocenters. The fourth-order valence-electron chi connectivity index (χ4n) is 4.50. The Morgan fingerprint density at radius 2 is 1.45 bits per heavy atom. The second kappa shape index (κ2) is 15.3. The minimum absolute atomic E-state index is 0.118. The molecule has 1 aliphatic heterocycles. The van der Waals surface area contributed by atoms with Gasteiger partial charge in [0.15, 0.2) is 5.17 Å². The number of sulfonamides is 2. The number of halogens is 1. The van der Waals surface area contributed by atoms with Crippen LogP contribution in [0.1, 0.15) is 56.8 Å². The van der Waals surface area contributed by atoms with Crippen LogP contribution in [-0.4, -0.2) is 86.1 Å². The third-order valence-electron chi connectivity index (χ3n) is 6.94. The molecule has 1 aliphatic rings. The molecule has 0 amide bonds. The number of hydrazone groups is 1. The minimum Gasteiger partial charge on any atom is -0.240 e. The van der Waals surface area contributed by atoms with Crippen molar-refractivity contribution in [2.45, 2.75) is 60.6 Å². The van der Waals surface area contributed by atoms with Gasteiger partial charge >= 0.3 is 20.0 Å². The molecule has 14 nitrogen and oxygen atoms in total. The zero-order chi connectivity index (χ0) is 35.5. The molecule has 0 bridgehead atoms. The lowest BCUT2D eigenvalue weighted by molar-refractivity contribution is 0.457. The largest absolute Gasteiger partial charge is 0.305 e. The molecule has 49 heavy (non-hydrogen) atoms. The average molecular weight is 781 g/mol. The third kappa shape index (κ3) is 8.57. The summed E-state index contributed by atoms with van der Waals surface area (Å²) in [5.74, 6) is -0.264. The molecular weight excluding hydrogens is 748 g/mol. The smallest absolute Gasteiger partial charge is 0.240 e. The van der Waals surface area contributed by atoms with Crippen LogP contribution >= 0.6 is 46.9 Å². The summed E-state index contributed by atoms with van der Waals surface area (Å²) in [6, 6.07) is 14.8. The van der Waals surface area contributed by atoms with E-state index in [0.717, 1.165) is 40.8 Å². The van der Waals surface area contributed by atoms with Crippen molar-refractivity contribution < 1.29 is 16.8 Å². The van der Waals surface area contributed by atoms with Gasteiger partial charge in [-0.2, -0.15) is 41.7 Å². The van der Waals surface area contributed by atoms with Gasteiger partial charge in [0.05, 0.1) is 41.8 Å². The summed E-state index contributed by atoms with van der Waals surface area (Å²) in [5, 5.41) is 22.7. The molecule has 0 N–H and O–H groups in total. The SMILES string of the molecule is CSC(=NS(=O)(=O)c1cnn(C(C)C)n1)Sc1cc(C2=NN(C(=NS(=O)(=O)c3cnn(C(C)C)n3)SC)CC2c2ccccc2)ccc1Cl. The van der Waals surface area contributed by atoms with Crippen molar-refractivity contribution in [1.82, 2.24) is 35.0 Å². The van der Waals surface area contributed by atoms with E-state index in [2.05, 4.69) is 29.2 Å². The Labute approximate surface area is 303 Å². The Morgan fingerprint density at radius 3 is 1.98 bits per heavy atom. The van der Waals surface area contributed by atoms with E-state index in [9.17, 15) is 16.8 Å². The van der Waals surface area contributed by atoms with Gasteiger partial charge in [-0.1, -0.05) is 71.5 Å². The number of benzene rings is 2. The maximum atomic E-state index is 13.3. The lowest BCUT2D eigenvalue weighted by Gasteiger charge is -2.17. The summed E-state index contributed by atoms with van der Waals surface area (Å²) in [4.78, 5) is 3.18. The van der Waals surface area contributed by atoms with Crippen molar-refractivity contribution in [3.8, 4) is 0 Å². The molecule has 0 aliphatic carbocycles. The van der Waals surface area contributed by atoms with Gasteiger partial charge in [-0.3, -0.25) is 0 Å². The summed E-state index contributed by atoms with van der Waals surface area (Å²) in [6.45, 7) is 7.68. The van der Waals surface area contributed by atoms with Crippen molar-refractivity contribution in [3.63, 3.8) is 0 Å². The highest BCUT2D eigenvalue weighted by Crippen LogP contribution is 2.36. The zero-order valence-electron chi connectivity index (χ0n) is 27.2. The van der Waals surface area contributed by atoms with E-state index in [1.165, 1.54) is 22.0 Å². The van der Waals surface area contributed by atoms with E-state index in [4.69, 9.17) is 16.7 Å². The van der Waals surface area contributed by atoms with Crippen LogP contribution in [0.3, 0.4) is 0 Å². The maximum absolute atomic E-state index is 13.3. The average Bonchev–Trinajstić information content (AvgIpc) is 3.85. The number of nitrogens with zero attached hydrogens (tertiary/aromatic N) is 10. The Balaban J connectivity index is 1.50. The quantitative estimate of drug-likeness (QED) is 0.114. The standard InChI is InChI=1S/C29H33ClN10O4S5/c1-18(2)39-31-15-25(33-39)48(41,42)36-28(45-5)38-17-22(20-10-8-7-9-11-20)27(35-38)21-12-13-23(30)24(14-21)47-29(46-6)37-49(43,44)26-16-32-40(34-26)19(3)4/h7-16,18-19,22H,17H2,1-6H3. The van der Waals surface area contributed by atoms with Crippen molar-refractivity contribution in [2.75, 3.05) is 19.1 Å². The highest BCUT2D eigenvalue weighted by molar-refractivity contribution is 8.39. The van der Waals surface area contributed by atoms with Gasteiger partial charge < -0.3 is 0 Å².